The SMILES string of the molecule is CC(=O)c1ccc(S(=O)(=O)NCc2ccc(C(=O)Nc3cc(-c4nnco4)ccc3C)cc2)cc1. The summed E-state index contributed by atoms with van der Waals surface area (Å²) in [5.41, 5.74) is 3.69. The number of sulfonamides is 1. The van der Waals surface area contributed by atoms with Crippen LogP contribution in [-0.2, 0) is 16.6 Å². The van der Waals surface area contributed by atoms with Gasteiger partial charge in [-0.05, 0) is 61.4 Å². The smallest absolute Gasteiger partial charge is 0.255 e. The number of carbonyl (C=O) groups excluding carboxylic acids is 2. The first-order valence-electron chi connectivity index (χ1n) is 10.6. The molecule has 9 nitrogen and oxygen atoms in total. The molecular formula is C25H22N4O5S. The number of hydrogen-bond acceptors (Lipinski definition) is 7. The lowest BCUT2D eigenvalue weighted by molar-refractivity contribution is 0.101. The molecule has 178 valence electrons. The molecule has 0 unspecified atom stereocenters. The van der Waals surface area contributed by atoms with Gasteiger partial charge >= 0.3 is 0 Å². The van der Waals surface area contributed by atoms with Gasteiger partial charge in [0.15, 0.2) is 5.78 Å². The summed E-state index contributed by atoms with van der Waals surface area (Å²) < 4.78 is 32.8. The molecule has 3 aromatic carbocycles. The number of aryl methyl sites for hydroxylation is 1. The summed E-state index contributed by atoms with van der Waals surface area (Å²) in [7, 11) is -3.75. The van der Waals surface area contributed by atoms with Gasteiger partial charge in [0.2, 0.25) is 22.3 Å². The molecule has 4 aromatic rings. The fourth-order valence-corrected chi connectivity index (χ4v) is 4.31. The van der Waals surface area contributed by atoms with Crippen LogP contribution in [0.2, 0.25) is 0 Å². The first-order chi connectivity index (χ1) is 16.7. The van der Waals surface area contributed by atoms with Crippen LogP contribution in [0.15, 0.2) is 82.4 Å². The molecule has 4 rings (SSSR count). The van der Waals surface area contributed by atoms with Crippen LogP contribution in [-0.4, -0.2) is 30.3 Å². The number of anilines is 1. The minimum Gasteiger partial charge on any atom is -0.423 e. The highest BCUT2D eigenvalue weighted by atomic mass is 32.2. The van der Waals surface area contributed by atoms with Crippen molar-refractivity contribution in [2.75, 3.05) is 5.32 Å². The summed E-state index contributed by atoms with van der Waals surface area (Å²) in [4.78, 5) is 24.2. The summed E-state index contributed by atoms with van der Waals surface area (Å²) in [6, 6.07) is 17.8. The van der Waals surface area contributed by atoms with Gasteiger partial charge in [0.05, 0.1) is 4.90 Å². The standard InChI is InChI=1S/C25H22N4O5S/c1-16-3-6-21(25-29-26-15-34-25)13-23(16)28-24(31)20-7-4-18(5-8-20)14-27-35(32,33)22-11-9-19(10-12-22)17(2)30/h3-13,15,27H,14H2,1-2H3,(H,28,31). The molecule has 35 heavy (non-hydrogen) atoms. The lowest BCUT2D eigenvalue weighted by Gasteiger charge is -2.11. The van der Waals surface area contributed by atoms with Crippen molar-refractivity contribution in [2.45, 2.75) is 25.3 Å². The number of nitrogens with one attached hydrogen (secondary N) is 2. The number of hydrogen-bond donors (Lipinski definition) is 2. The number of benzene rings is 3. The third-order valence-electron chi connectivity index (χ3n) is 5.35. The topological polar surface area (TPSA) is 131 Å². The van der Waals surface area contributed by atoms with E-state index in [4.69, 9.17) is 4.42 Å². The minimum absolute atomic E-state index is 0.0457. The first-order valence-corrected chi connectivity index (χ1v) is 12.1. The molecule has 1 aromatic heterocycles. The Kier molecular flexibility index (Phi) is 6.85. The lowest BCUT2D eigenvalue weighted by atomic mass is 10.1. The van der Waals surface area contributed by atoms with E-state index in [9.17, 15) is 18.0 Å². The second kappa shape index (κ2) is 10.00. The maximum absolute atomic E-state index is 12.8. The molecule has 0 aliphatic rings. The highest BCUT2D eigenvalue weighted by molar-refractivity contribution is 7.89. The van der Waals surface area contributed by atoms with Gasteiger partial charge in [0.1, 0.15) is 0 Å². The Morgan fingerprint density at radius 2 is 1.63 bits per heavy atom. The summed E-state index contributed by atoms with van der Waals surface area (Å²) >= 11 is 0. The van der Waals surface area contributed by atoms with Gasteiger partial charge in [-0.2, -0.15) is 0 Å². The van der Waals surface area contributed by atoms with Gasteiger partial charge in [-0.15, -0.1) is 10.2 Å². The van der Waals surface area contributed by atoms with Crippen LogP contribution in [0.1, 0.15) is 38.8 Å². The Hall–Kier alpha value is -4.15. The van der Waals surface area contributed by atoms with Crippen LogP contribution in [0, 0.1) is 6.92 Å². The molecule has 0 saturated carbocycles. The molecule has 0 bridgehead atoms. The Labute approximate surface area is 202 Å². The number of ketones is 1. The van der Waals surface area contributed by atoms with E-state index in [0.29, 0.717) is 33.8 Å². The third kappa shape index (κ3) is 5.68. The van der Waals surface area contributed by atoms with Gasteiger partial charge < -0.3 is 9.73 Å². The normalized spacial score (nSPS) is 11.3. The average molecular weight is 491 g/mol. The van der Waals surface area contributed by atoms with E-state index in [1.807, 2.05) is 19.1 Å². The molecule has 0 radical (unpaired) electrons. The van der Waals surface area contributed by atoms with E-state index in [2.05, 4.69) is 20.2 Å². The molecule has 10 heteroatoms. The summed E-state index contributed by atoms with van der Waals surface area (Å²) in [6.45, 7) is 3.33. The zero-order valence-corrected chi connectivity index (χ0v) is 19.8. The largest absolute Gasteiger partial charge is 0.423 e. The monoisotopic (exact) mass is 490 g/mol. The number of Topliss-reactive ketones (excluding diaryl/α,β-unsaturated/α-hetero) is 1. The number of carbonyl (C=O) groups is 2. The minimum atomic E-state index is -3.75. The fourth-order valence-electron chi connectivity index (χ4n) is 3.29. The fraction of sp³-hybridized carbons (Fsp3) is 0.120. The van der Waals surface area contributed by atoms with E-state index < -0.39 is 10.0 Å². The van der Waals surface area contributed by atoms with E-state index >= 15 is 0 Å². The van der Waals surface area contributed by atoms with Crippen molar-refractivity contribution in [3.05, 3.63) is 95.4 Å². The zero-order chi connectivity index (χ0) is 25.0. The van der Waals surface area contributed by atoms with Gasteiger partial charge in [-0.25, -0.2) is 13.1 Å². The highest BCUT2D eigenvalue weighted by Gasteiger charge is 2.15. The second-order valence-corrected chi connectivity index (χ2v) is 9.60. The molecule has 0 aliphatic heterocycles. The van der Waals surface area contributed by atoms with Crippen molar-refractivity contribution in [1.82, 2.24) is 14.9 Å². The molecule has 0 saturated heterocycles. The molecule has 0 atom stereocenters. The van der Waals surface area contributed by atoms with E-state index in [1.54, 1.807) is 30.3 Å². The number of amides is 1. The van der Waals surface area contributed by atoms with Crippen LogP contribution < -0.4 is 10.0 Å². The van der Waals surface area contributed by atoms with E-state index in [0.717, 1.165) is 5.56 Å². The van der Waals surface area contributed by atoms with Gasteiger partial charge in [-0.1, -0.05) is 30.3 Å². The molecule has 1 heterocycles. The second-order valence-electron chi connectivity index (χ2n) is 7.83. The van der Waals surface area contributed by atoms with E-state index in [-0.39, 0.29) is 23.1 Å². The number of aromatic nitrogens is 2. The zero-order valence-electron chi connectivity index (χ0n) is 19.0. The van der Waals surface area contributed by atoms with Crippen LogP contribution >= 0.6 is 0 Å². The molecule has 0 aliphatic carbocycles. The Balaban J connectivity index is 1.40. The highest BCUT2D eigenvalue weighted by Crippen LogP contribution is 2.24. The van der Waals surface area contributed by atoms with Crippen LogP contribution in [0.5, 0.6) is 0 Å². The van der Waals surface area contributed by atoms with Gasteiger partial charge in [0.25, 0.3) is 5.91 Å². The maximum atomic E-state index is 12.8. The summed E-state index contributed by atoms with van der Waals surface area (Å²) in [5, 5.41) is 10.4. The Bertz CT molecular complexity index is 1460. The Morgan fingerprint density at radius 1 is 0.943 bits per heavy atom. The maximum Gasteiger partial charge on any atom is 0.255 e. The summed E-state index contributed by atoms with van der Waals surface area (Å²) in [6.07, 6.45) is 1.24. The number of nitrogens with zero attached hydrogens (tertiary/aromatic N) is 2. The van der Waals surface area contributed by atoms with Crippen molar-refractivity contribution < 1.29 is 22.4 Å². The Morgan fingerprint density at radius 3 is 2.26 bits per heavy atom. The van der Waals surface area contributed by atoms with Crippen molar-refractivity contribution in [3.8, 4) is 11.5 Å². The van der Waals surface area contributed by atoms with Crippen LogP contribution in [0.4, 0.5) is 5.69 Å². The molecule has 1 amide bonds. The van der Waals surface area contributed by atoms with E-state index in [1.165, 1.54) is 37.6 Å². The van der Waals surface area contributed by atoms with Gasteiger partial charge in [-0.3, -0.25) is 9.59 Å². The average Bonchev–Trinajstić information content (AvgIpc) is 3.39. The summed E-state index contributed by atoms with van der Waals surface area (Å²) in [5.74, 6) is -0.101. The lowest BCUT2D eigenvalue weighted by Crippen LogP contribution is -2.23. The van der Waals surface area contributed by atoms with Crippen molar-refractivity contribution in [2.24, 2.45) is 0 Å². The molecule has 0 spiro atoms. The van der Waals surface area contributed by atoms with Crippen molar-refractivity contribution >= 4 is 27.4 Å². The van der Waals surface area contributed by atoms with Crippen molar-refractivity contribution in [3.63, 3.8) is 0 Å². The van der Waals surface area contributed by atoms with Crippen LogP contribution in [0.25, 0.3) is 11.5 Å². The van der Waals surface area contributed by atoms with Crippen molar-refractivity contribution in [1.29, 1.82) is 0 Å². The number of rotatable bonds is 8. The van der Waals surface area contributed by atoms with Gasteiger partial charge in [0, 0.05) is 28.9 Å². The van der Waals surface area contributed by atoms with Crippen LogP contribution in [0.3, 0.4) is 0 Å². The first kappa shape index (κ1) is 24.0. The quantitative estimate of drug-likeness (QED) is 0.357. The molecular weight excluding hydrogens is 468 g/mol. The molecule has 0 fully saturated rings. The predicted octanol–water partition coefficient (Wildman–Crippen LogP) is 3.98. The molecule has 2 N–H and O–H groups in total. The predicted molar refractivity (Wildman–Crippen MR) is 129 cm³/mol. The third-order valence-corrected chi connectivity index (χ3v) is 6.76.